The van der Waals surface area contributed by atoms with Crippen LogP contribution in [0.1, 0.15) is 5.56 Å². The standard InChI is InChI=1S/C7H4F3IN2O4/c8-7(9,10)17-5-3(2-14)4(13(15)16)1-12-6(5)11/h1,14H,2H2. The molecule has 0 unspecified atom stereocenters. The Bertz CT molecular complexity index is 451. The van der Waals surface area contributed by atoms with E-state index < -0.39 is 34.9 Å². The summed E-state index contributed by atoms with van der Waals surface area (Å²) >= 11 is 1.42. The van der Waals surface area contributed by atoms with Gasteiger partial charge in [-0.25, -0.2) is 4.98 Å². The number of aliphatic hydroxyl groups excluding tert-OH is 1. The zero-order valence-corrected chi connectivity index (χ0v) is 10.0. The van der Waals surface area contributed by atoms with Gasteiger partial charge in [0.25, 0.3) is 5.69 Å². The van der Waals surface area contributed by atoms with Gasteiger partial charge in [0, 0.05) is 0 Å². The van der Waals surface area contributed by atoms with Crippen LogP contribution in [-0.2, 0) is 6.61 Å². The Morgan fingerprint density at radius 3 is 2.59 bits per heavy atom. The zero-order chi connectivity index (χ0) is 13.2. The lowest BCUT2D eigenvalue weighted by atomic mass is 10.2. The molecule has 1 N–H and O–H groups in total. The summed E-state index contributed by atoms with van der Waals surface area (Å²) in [6, 6.07) is 0. The van der Waals surface area contributed by atoms with Gasteiger partial charge in [-0.15, -0.1) is 13.2 Å². The minimum Gasteiger partial charge on any atom is -0.402 e. The van der Waals surface area contributed by atoms with Crippen molar-refractivity contribution in [2.24, 2.45) is 0 Å². The van der Waals surface area contributed by atoms with Gasteiger partial charge in [-0.2, -0.15) is 0 Å². The smallest absolute Gasteiger partial charge is 0.402 e. The van der Waals surface area contributed by atoms with Crippen LogP contribution in [0, 0.1) is 13.8 Å². The molecule has 94 valence electrons. The van der Waals surface area contributed by atoms with Gasteiger partial charge in [-0.05, 0) is 22.6 Å². The van der Waals surface area contributed by atoms with Gasteiger partial charge >= 0.3 is 6.36 Å². The van der Waals surface area contributed by atoms with Crippen molar-refractivity contribution in [1.29, 1.82) is 0 Å². The van der Waals surface area contributed by atoms with Gasteiger partial charge in [0.15, 0.2) is 5.75 Å². The first kappa shape index (κ1) is 13.9. The number of hydrogen-bond acceptors (Lipinski definition) is 5. The summed E-state index contributed by atoms with van der Waals surface area (Å²) in [6.45, 7) is -0.958. The van der Waals surface area contributed by atoms with Crippen LogP contribution in [0.2, 0.25) is 0 Å². The fraction of sp³-hybridized carbons (Fsp3) is 0.286. The Hall–Kier alpha value is -1.17. The maximum atomic E-state index is 12.1. The summed E-state index contributed by atoms with van der Waals surface area (Å²) in [5, 5.41) is 19.4. The van der Waals surface area contributed by atoms with Gasteiger partial charge in [0.2, 0.25) is 0 Å². The van der Waals surface area contributed by atoms with Crippen LogP contribution < -0.4 is 4.74 Å². The second-order valence-corrected chi connectivity index (χ2v) is 3.73. The van der Waals surface area contributed by atoms with Crippen molar-refractivity contribution in [2.45, 2.75) is 13.0 Å². The van der Waals surface area contributed by atoms with Gasteiger partial charge < -0.3 is 9.84 Å². The second-order valence-electron chi connectivity index (χ2n) is 2.70. The molecule has 1 aromatic heterocycles. The van der Waals surface area contributed by atoms with Crippen LogP contribution in [0.3, 0.4) is 0 Å². The molecule has 0 amide bonds. The summed E-state index contributed by atoms with van der Waals surface area (Å²) < 4.78 is 39.6. The number of alkyl halides is 3. The lowest BCUT2D eigenvalue weighted by molar-refractivity contribution is -0.386. The Balaban J connectivity index is 3.35. The maximum Gasteiger partial charge on any atom is 0.573 e. The molecule has 1 rings (SSSR count). The highest BCUT2D eigenvalue weighted by atomic mass is 127. The van der Waals surface area contributed by atoms with Crippen molar-refractivity contribution in [3.8, 4) is 5.75 Å². The second kappa shape index (κ2) is 5.00. The van der Waals surface area contributed by atoms with Crippen LogP contribution in [0.15, 0.2) is 6.20 Å². The number of rotatable bonds is 3. The molecule has 0 saturated heterocycles. The van der Waals surface area contributed by atoms with Gasteiger partial charge in [0.1, 0.15) is 15.5 Å². The summed E-state index contributed by atoms with van der Waals surface area (Å²) in [4.78, 5) is 13.0. The quantitative estimate of drug-likeness (QED) is 0.384. The maximum absolute atomic E-state index is 12.1. The first-order valence-corrected chi connectivity index (χ1v) is 5.02. The predicted octanol–water partition coefficient (Wildman–Crippen LogP) is 1.99. The molecule has 17 heavy (non-hydrogen) atoms. The molecular weight excluding hydrogens is 360 g/mol. The van der Waals surface area contributed by atoms with Gasteiger partial charge in [-0.1, -0.05) is 0 Å². The van der Waals surface area contributed by atoms with E-state index in [1.54, 1.807) is 0 Å². The zero-order valence-electron chi connectivity index (χ0n) is 7.86. The molecule has 0 saturated carbocycles. The molecule has 0 atom stereocenters. The molecule has 0 radical (unpaired) electrons. The Kier molecular flexibility index (Phi) is 4.08. The predicted molar refractivity (Wildman–Crippen MR) is 56.2 cm³/mol. The fourth-order valence-corrected chi connectivity index (χ4v) is 1.60. The van der Waals surface area contributed by atoms with Crippen LogP contribution in [0.4, 0.5) is 18.9 Å². The first-order valence-electron chi connectivity index (χ1n) is 3.94. The molecule has 0 aromatic carbocycles. The van der Waals surface area contributed by atoms with E-state index in [1.807, 2.05) is 0 Å². The lowest BCUT2D eigenvalue weighted by Crippen LogP contribution is -2.19. The van der Waals surface area contributed by atoms with Crippen molar-refractivity contribution in [3.05, 3.63) is 25.6 Å². The van der Waals surface area contributed by atoms with E-state index in [1.165, 1.54) is 22.6 Å². The lowest BCUT2D eigenvalue weighted by Gasteiger charge is -2.13. The highest BCUT2D eigenvalue weighted by Crippen LogP contribution is 2.34. The normalized spacial score (nSPS) is 11.4. The van der Waals surface area contributed by atoms with E-state index in [9.17, 15) is 23.3 Å². The average molecular weight is 364 g/mol. The van der Waals surface area contributed by atoms with Crippen LogP contribution in [0.25, 0.3) is 0 Å². The minimum absolute atomic E-state index is 0.227. The van der Waals surface area contributed by atoms with Crippen LogP contribution >= 0.6 is 22.6 Å². The van der Waals surface area contributed by atoms with Crippen molar-refractivity contribution in [1.82, 2.24) is 4.98 Å². The Labute approximate surface area is 106 Å². The molecule has 0 spiro atoms. The third kappa shape index (κ3) is 3.39. The molecule has 1 heterocycles. The first-order chi connectivity index (χ1) is 7.76. The summed E-state index contributed by atoms with van der Waals surface area (Å²) in [7, 11) is 0. The number of aromatic nitrogens is 1. The molecule has 0 aliphatic carbocycles. The van der Waals surface area contributed by atoms with E-state index in [2.05, 4.69) is 9.72 Å². The van der Waals surface area contributed by atoms with Crippen molar-refractivity contribution < 1.29 is 27.9 Å². The summed E-state index contributed by atoms with van der Waals surface area (Å²) in [5.41, 5.74) is -1.29. The monoisotopic (exact) mass is 364 g/mol. The summed E-state index contributed by atoms with van der Waals surface area (Å²) in [5.74, 6) is -0.852. The minimum atomic E-state index is -5.01. The third-order valence-corrected chi connectivity index (χ3v) is 2.41. The largest absolute Gasteiger partial charge is 0.573 e. The topological polar surface area (TPSA) is 85.5 Å². The summed E-state index contributed by atoms with van der Waals surface area (Å²) in [6.07, 6.45) is -4.25. The van der Waals surface area contributed by atoms with E-state index in [0.717, 1.165) is 6.20 Å². The van der Waals surface area contributed by atoms with Crippen molar-refractivity contribution in [2.75, 3.05) is 0 Å². The molecular formula is C7H4F3IN2O4. The number of aliphatic hydroxyl groups is 1. The molecule has 0 bridgehead atoms. The molecule has 6 nitrogen and oxygen atoms in total. The van der Waals surface area contributed by atoms with E-state index in [0.29, 0.717) is 0 Å². The fourth-order valence-electron chi connectivity index (χ4n) is 1.02. The Morgan fingerprint density at radius 1 is 1.59 bits per heavy atom. The highest BCUT2D eigenvalue weighted by molar-refractivity contribution is 14.1. The molecule has 0 fully saturated rings. The number of hydrogen-bond donors (Lipinski definition) is 1. The van der Waals surface area contributed by atoms with E-state index in [4.69, 9.17) is 5.11 Å². The van der Waals surface area contributed by atoms with Crippen molar-refractivity contribution in [3.63, 3.8) is 0 Å². The number of nitro groups is 1. The average Bonchev–Trinajstić information content (AvgIpc) is 2.18. The number of nitrogens with zero attached hydrogens (tertiary/aromatic N) is 2. The van der Waals surface area contributed by atoms with E-state index >= 15 is 0 Å². The molecule has 0 aliphatic heterocycles. The SMILES string of the molecule is O=[N+]([O-])c1cnc(I)c(OC(F)(F)F)c1CO. The third-order valence-electron chi connectivity index (χ3n) is 1.64. The van der Waals surface area contributed by atoms with Crippen LogP contribution in [-0.4, -0.2) is 21.4 Å². The van der Waals surface area contributed by atoms with Gasteiger partial charge in [-0.3, -0.25) is 10.1 Å². The Morgan fingerprint density at radius 2 is 2.18 bits per heavy atom. The van der Waals surface area contributed by atoms with Crippen LogP contribution in [0.5, 0.6) is 5.75 Å². The number of pyridine rings is 1. The highest BCUT2D eigenvalue weighted by Gasteiger charge is 2.35. The van der Waals surface area contributed by atoms with Crippen molar-refractivity contribution >= 4 is 28.3 Å². The van der Waals surface area contributed by atoms with Gasteiger partial charge in [0.05, 0.1) is 11.5 Å². The number of ether oxygens (including phenoxy) is 1. The number of halogens is 4. The van der Waals surface area contributed by atoms with E-state index in [-0.39, 0.29) is 3.70 Å². The molecule has 0 aliphatic rings. The molecule has 10 heteroatoms. The molecule has 1 aromatic rings.